The van der Waals surface area contributed by atoms with Gasteiger partial charge in [0.15, 0.2) is 0 Å². The highest BCUT2D eigenvalue weighted by atomic mass is 35.5. The molecule has 2 aromatic rings. The van der Waals surface area contributed by atoms with Gasteiger partial charge in [0.05, 0.1) is 5.02 Å². The van der Waals surface area contributed by atoms with E-state index in [9.17, 15) is 9.50 Å². The van der Waals surface area contributed by atoms with Gasteiger partial charge in [0.2, 0.25) is 0 Å². The van der Waals surface area contributed by atoms with Crippen LogP contribution in [0.5, 0.6) is 11.5 Å². The van der Waals surface area contributed by atoms with Crippen LogP contribution in [0.15, 0.2) is 36.4 Å². The number of phenolic OH excluding ortho intramolecular Hbond substituents is 1. The molecule has 0 unspecified atom stereocenters. The summed E-state index contributed by atoms with van der Waals surface area (Å²) in [4.78, 5) is 0. The molecule has 0 saturated carbocycles. The van der Waals surface area contributed by atoms with Gasteiger partial charge in [-0.05, 0) is 31.2 Å². The highest BCUT2D eigenvalue weighted by Gasteiger charge is 2.09. The van der Waals surface area contributed by atoms with E-state index >= 15 is 0 Å². The number of halogens is 2. The molecule has 94 valence electrons. The number of benzene rings is 2. The molecule has 0 aliphatic heterocycles. The monoisotopic (exact) mass is 266 g/mol. The first-order valence-corrected chi connectivity index (χ1v) is 5.81. The molecule has 1 N–H and O–H groups in total. The quantitative estimate of drug-likeness (QED) is 0.907. The van der Waals surface area contributed by atoms with E-state index in [0.29, 0.717) is 21.9 Å². The van der Waals surface area contributed by atoms with E-state index in [1.54, 1.807) is 37.3 Å². The number of rotatable bonds is 3. The van der Waals surface area contributed by atoms with Crippen LogP contribution in [-0.4, -0.2) is 5.11 Å². The maximum atomic E-state index is 13.5. The van der Waals surface area contributed by atoms with Crippen LogP contribution in [0.1, 0.15) is 11.1 Å². The van der Waals surface area contributed by atoms with Gasteiger partial charge in [-0.2, -0.15) is 0 Å². The van der Waals surface area contributed by atoms with Crippen molar-refractivity contribution in [3.8, 4) is 11.5 Å². The van der Waals surface area contributed by atoms with E-state index in [-0.39, 0.29) is 12.4 Å². The summed E-state index contributed by atoms with van der Waals surface area (Å²) in [6.45, 7) is 1.75. The summed E-state index contributed by atoms with van der Waals surface area (Å²) < 4.78 is 19.0. The first-order chi connectivity index (χ1) is 8.59. The van der Waals surface area contributed by atoms with Crippen LogP contribution in [0.3, 0.4) is 0 Å². The molecule has 0 amide bonds. The van der Waals surface area contributed by atoms with Crippen molar-refractivity contribution in [2.45, 2.75) is 13.5 Å². The van der Waals surface area contributed by atoms with Gasteiger partial charge in [-0.25, -0.2) is 4.39 Å². The molecule has 0 aliphatic carbocycles. The average molecular weight is 267 g/mol. The van der Waals surface area contributed by atoms with Gasteiger partial charge >= 0.3 is 0 Å². The second kappa shape index (κ2) is 5.27. The molecule has 0 fully saturated rings. The predicted octanol–water partition coefficient (Wildman–Crippen LogP) is 4.07. The first-order valence-electron chi connectivity index (χ1n) is 5.44. The van der Waals surface area contributed by atoms with Crippen LogP contribution in [0, 0.1) is 12.7 Å². The lowest BCUT2D eigenvalue weighted by atomic mass is 10.2. The fourth-order valence-electron chi connectivity index (χ4n) is 1.58. The van der Waals surface area contributed by atoms with Crippen molar-refractivity contribution in [2.24, 2.45) is 0 Å². The molecule has 0 saturated heterocycles. The largest absolute Gasteiger partial charge is 0.508 e. The predicted molar refractivity (Wildman–Crippen MR) is 68.6 cm³/mol. The summed E-state index contributed by atoms with van der Waals surface area (Å²) in [5.41, 5.74) is 0.923. The Morgan fingerprint density at radius 3 is 2.67 bits per heavy atom. The van der Waals surface area contributed by atoms with Crippen molar-refractivity contribution in [3.05, 3.63) is 58.4 Å². The minimum absolute atomic E-state index is 0.0236. The molecule has 0 atom stereocenters. The van der Waals surface area contributed by atoms with E-state index in [1.165, 1.54) is 6.07 Å². The molecule has 2 aromatic carbocycles. The van der Waals surface area contributed by atoms with Crippen molar-refractivity contribution in [2.75, 3.05) is 0 Å². The SMILES string of the molecule is Cc1c(O)cccc1OCc1c(F)cccc1Cl. The minimum atomic E-state index is -0.402. The van der Waals surface area contributed by atoms with E-state index in [1.807, 2.05) is 0 Å². The smallest absolute Gasteiger partial charge is 0.131 e. The Bertz CT molecular complexity index is 549. The number of hydrogen-bond donors (Lipinski definition) is 1. The van der Waals surface area contributed by atoms with Crippen molar-refractivity contribution < 1.29 is 14.2 Å². The molecule has 2 rings (SSSR count). The van der Waals surface area contributed by atoms with Gasteiger partial charge in [-0.1, -0.05) is 23.7 Å². The van der Waals surface area contributed by atoms with Gasteiger partial charge in [0.25, 0.3) is 0 Å². The Labute approximate surface area is 110 Å². The van der Waals surface area contributed by atoms with E-state index in [4.69, 9.17) is 16.3 Å². The van der Waals surface area contributed by atoms with Crippen molar-refractivity contribution >= 4 is 11.6 Å². The van der Waals surface area contributed by atoms with Gasteiger partial charge < -0.3 is 9.84 Å². The zero-order valence-corrected chi connectivity index (χ0v) is 10.5. The molecule has 0 spiro atoms. The fourth-order valence-corrected chi connectivity index (χ4v) is 1.80. The fraction of sp³-hybridized carbons (Fsp3) is 0.143. The lowest BCUT2D eigenvalue weighted by molar-refractivity contribution is 0.296. The topological polar surface area (TPSA) is 29.5 Å². The third-order valence-electron chi connectivity index (χ3n) is 2.69. The summed E-state index contributed by atoms with van der Waals surface area (Å²) in [5, 5.41) is 9.85. The second-order valence-corrected chi connectivity index (χ2v) is 4.30. The summed E-state index contributed by atoms with van der Waals surface area (Å²) >= 11 is 5.90. The molecule has 0 aliphatic rings. The lowest BCUT2D eigenvalue weighted by Crippen LogP contribution is -2.00. The van der Waals surface area contributed by atoms with Gasteiger partial charge in [-0.15, -0.1) is 0 Å². The zero-order chi connectivity index (χ0) is 13.1. The summed E-state index contributed by atoms with van der Waals surface area (Å²) in [6.07, 6.45) is 0. The summed E-state index contributed by atoms with van der Waals surface area (Å²) in [6, 6.07) is 9.43. The van der Waals surface area contributed by atoms with Crippen LogP contribution in [0.4, 0.5) is 4.39 Å². The molecule has 4 heteroatoms. The summed E-state index contributed by atoms with van der Waals surface area (Å²) in [7, 11) is 0. The van der Waals surface area contributed by atoms with E-state index < -0.39 is 5.82 Å². The normalized spacial score (nSPS) is 10.4. The number of aromatic hydroxyl groups is 1. The molecule has 2 nitrogen and oxygen atoms in total. The zero-order valence-electron chi connectivity index (χ0n) is 9.78. The average Bonchev–Trinajstić information content (AvgIpc) is 2.33. The van der Waals surface area contributed by atoms with E-state index in [2.05, 4.69) is 0 Å². The maximum Gasteiger partial charge on any atom is 0.131 e. The molecule has 0 radical (unpaired) electrons. The number of ether oxygens (including phenoxy) is 1. The Balaban J connectivity index is 2.19. The Hall–Kier alpha value is -1.74. The molecule has 18 heavy (non-hydrogen) atoms. The van der Waals surface area contributed by atoms with Crippen molar-refractivity contribution in [3.63, 3.8) is 0 Å². The Morgan fingerprint density at radius 2 is 1.94 bits per heavy atom. The molecule has 0 heterocycles. The minimum Gasteiger partial charge on any atom is -0.508 e. The Morgan fingerprint density at radius 1 is 1.22 bits per heavy atom. The Kier molecular flexibility index (Phi) is 3.72. The summed E-state index contributed by atoms with van der Waals surface area (Å²) in [5.74, 6) is 0.252. The van der Waals surface area contributed by atoms with Crippen LogP contribution >= 0.6 is 11.6 Å². The second-order valence-electron chi connectivity index (χ2n) is 3.89. The van der Waals surface area contributed by atoms with E-state index in [0.717, 1.165) is 0 Å². The van der Waals surface area contributed by atoms with Gasteiger partial charge in [-0.3, -0.25) is 0 Å². The van der Waals surface area contributed by atoms with Crippen molar-refractivity contribution in [1.82, 2.24) is 0 Å². The highest BCUT2D eigenvalue weighted by Crippen LogP contribution is 2.28. The number of phenols is 1. The standard InChI is InChI=1S/C14H12ClFO2/c1-9-13(17)6-3-7-14(9)18-8-10-11(15)4-2-5-12(10)16/h2-7,17H,8H2,1H3. The molecular weight excluding hydrogens is 255 g/mol. The third-order valence-corrected chi connectivity index (χ3v) is 3.04. The third kappa shape index (κ3) is 2.57. The van der Waals surface area contributed by atoms with Crippen LogP contribution in [0.25, 0.3) is 0 Å². The molecular formula is C14H12ClFO2. The van der Waals surface area contributed by atoms with Crippen LogP contribution in [0.2, 0.25) is 5.02 Å². The first kappa shape index (κ1) is 12.7. The van der Waals surface area contributed by atoms with Crippen LogP contribution < -0.4 is 4.74 Å². The van der Waals surface area contributed by atoms with Crippen LogP contribution in [-0.2, 0) is 6.61 Å². The highest BCUT2D eigenvalue weighted by molar-refractivity contribution is 6.31. The number of hydrogen-bond acceptors (Lipinski definition) is 2. The maximum absolute atomic E-state index is 13.5. The van der Waals surface area contributed by atoms with Gasteiger partial charge in [0.1, 0.15) is 23.9 Å². The van der Waals surface area contributed by atoms with Crippen molar-refractivity contribution in [1.29, 1.82) is 0 Å². The molecule has 0 bridgehead atoms. The molecule has 0 aromatic heterocycles. The van der Waals surface area contributed by atoms with Gasteiger partial charge in [0, 0.05) is 11.1 Å². The lowest BCUT2D eigenvalue weighted by Gasteiger charge is -2.11.